The number of sulfonamides is 1. The van der Waals surface area contributed by atoms with Crippen LogP contribution >= 0.6 is 0 Å². The third kappa shape index (κ3) is 2.45. The molecule has 2 aliphatic heterocycles. The third-order valence-electron chi connectivity index (χ3n) is 3.77. The summed E-state index contributed by atoms with van der Waals surface area (Å²) >= 11 is 0. The van der Waals surface area contributed by atoms with Crippen molar-refractivity contribution >= 4 is 21.5 Å². The number of benzene rings is 1. The maximum Gasteiger partial charge on any atom is 0.237 e. The predicted molar refractivity (Wildman–Crippen MR) is 75.5 cm³/mol. The van der Waals surface area contributed by atoms with Crippen LogP contribution in [-0.4, -0.2) is 39.2 Å². The fourth-order valence-corrected chi connectivity index (χ4v) is 4.52. The van der Waals surface area contributed by atoms with E-state index in [1.807, 2.05) is 0 Å². The Bertz CT molecular complexity index is 620. The van der Waals surface area contributed by atoms with Gasteiger partial charge in [-0.15, -0.1) is 0 Å². The molecule has 0 aromatic heterocycles. The Kier molecular flexibility index (Phi) is 3.52. The first-order valence-electron chi connectivity index (χ1n) is 6.82. The van der Waals surface area contributed by atoms with Crippen molar-refractivity contribution < 1.29 is 17.9 Å². The maximum atomic E-state index is 12.5. The van der Waals surface area contributed by atoms with Crippen molar-refractivity contribution in [3.63, 3.8) is 0 Å². The second kappa shape index (κ2) is 5.18. The number of ketones is 1. The lowest BCUT2D eigenvalue weighted by molar-refractivity contribution is 0.0982. The fourth-order valence-electron chi connectivity index (χ4n) is 2.77. The van der Waals surface area contributed by atoms with Crippen LogP contribution in [0.3, 0.4) is 0 Å². The van der Waals surface area contributed by atoms with Gasteiger partial charge in [-0.2, -0.15) is 0 Å². The molecule has 0 saturated carbocycles. The first-order chi connectivity index (χ1) is 9.58. The predicted octanol–water partition coefficient (Wildman–Crippen LogP) is 1.59. The van der Waals surface area contributed by atoms with Crippen LogP contribution in [0.15, 0.2) is 24.3 Å². The van der Waals surface area contributed by atoms with E-state index in [1.54, 1.807) is 24.3 Å². The summed E-state index contributed by atoms with van der Waals surface area (Å²) in [6.07, 6.45) is 1.72. The van der Waals surface area contributed by atoms with Crippen molar-refractivity contribution in [3.05, 3.63) is 29.8 Å². The average Bonchev–Trinajstić information content (AvgIpc) is 2.91. The lowest BCUT2D eigenvalue weighted by atomic mass is 10.0. The maximum absolute atomic E-state index is 12.5. The molecule has 108 valence electrons. The third-order valence-corrected chi connectivity index (χ3v) is 5.62. The Morgan fingerprint density at radius 1 is 1.30 bits per heavy atom. The minimum Gasteiger partial charge on any atom is -0.377 e. The lowest BCUT2D eigenvalue weighted by Crippen LogP contribution is -2.41. The zero-order chi connectivity index (χ0) is 14.2. The summed E-state index contributed by atoms with van der Waals surface area (Å²) in [6, 6.07) is 6.89. The number of para-hydroxylation sites is 1. The van der Waals surface area contributed by atoms with Gasteiger partial charge in [0.1, 0.15) is 0 Å². The van der Waals surface area contributed by atoms with E-state index in [1.165, 1.54) is 4.31 Å². The van der Waals surface area contributed by atoms with Gasteiger partial charge in [-0.05, 0) is 25.0 Å². The van der Waals surface area contributed by atoms with Crippen LogP contribution in [0.25, 0.3) is 0 Å². The van der Waals surface area contributed by atoms with Gasteiger partial charge in [0, 0.05) is 25.1 Å². The first-order valence-corrected chi connectivity index (χ1v) is 8.43. The molecule has 2 heterocycles. The summed E-state index contributed by atoms with van der Waals surface area (Å²) in [5.41, 5.74) is 0.997. The number of carbonyl (C=O) groups is 1. The SMILES string of the molecule is O=C1CCN(S(=O)(=O)CC2CCCO2)c2ccccc21. The molecule has 1 fully saturated rings. The summed E-state index contributed by atoms with van der Waals surface area (Å²) in [5.74, 6) is -0.000582. The number of fused-ring (bicyclic) bond motifs is 1. The molecule has 3 rings (SSSR count). The van der Waals surface area contributed by atoms with Crippen LogP contribution in [0.4, 0.5) is 5.69 Å². The molecule has 0 N–H and O–H groups in total. The number of carbonyl (C=O) groups excluding carboxylic acids is 1. The van der Waals surface area contributed by atoms with Gasteiger partial charge in [-0.1, -0.05) is 12.1 Å². The Morgan fingerprint density at radius 3 is 2.85 bits per heavy atom. The second-order valence-corrected chi connectivity index (χ2v) is 7.11. The van der Waals surface area contributed by atoms with E-state index in [9.17, 15) is 13.2 Å². The van der Waals surface area contributed by atoms with Crippen LogP contribution in [0.1, 0.15) is 29.6 Å². The van der Waals surface area contributed by atoms with Crippen molar-refractivity contribution in [2.75, 3.05) is 23.2 Å². The first kappa shape index (κ1) is 13.6. The van der Waals surface area contributed by atoms with Gasteiger partial charge >= 0.3 is 0 Å². The summed E-state index contributed by atoms with van der Waals surface area (Å²) in [6.45, 7) is 0.861. The van der Waals surface area contributed by atoms with Gasteiger partial charge in [0.05, 0.1) is 17.5 Å². The van der Waals surface area contributed by atoms with Gasteiger partial charge in [-0.25, -0.2) is 8.42 Å². The van der Waals surface area contributed by atoms with Gasteiger partial charge in [-0.3, -0.25) is 9.10 Å². The van der Waals surface area contributed by atoms with Gasteiger partial charge < -0.3 is 4.74 Å². The van der Waals surface area contributed by atoms with Crippen LogP contribution < -0.4 is 4.31 Å². The van der Waals surface area contributed by atoms with E-state index in [0.717, 1.165) is 12.8 Å². The van der Waals surface area contributed by atoms with Gasteiger partial charge in [0.2, 0.25) is 10.0 Å². The van der Waals surface area contributed by atoms with Crippen molar-refractivity contribution in [2.45, 2.75) is 25.4 Å². The van der Waals surface area contributed by atoms with Gasteiger partial charge in [0.25, 0.3) is 0 Å². The van der Waals surface area contributed by atoms with Crippen LogP contribution in [0.2, 0.25) is 0 Å². The second-order valence-electron chi connectivity index (χ2n) is 5.18. The number of hydrogen-bond acceptors (Lipinski definition) is 4. The number of hydrogen-bond donors (Lipinski definition) is 0. The van der Waals surface area contributed by atoms with E-state index in [4.69, 9.17) is 4.74 Å². The summed E-state index contributed by atoms with van der Waals surface area (Å²) < 4.78 is 31.9. The Hall–Kier alpha value is -1.40. The molecular weight excluding hydrogens is 278 g/mol. The normalized spacial score (nSPS) is 22.9. The Morgan fingerprint density at radius 2 is 2.10 bits per heavy atom. The molecule has 1 aromatic rings. The molecule has 0 spiro atoms. The van der Waals surface area contributed by atoms with E-state index in [0.29, 0.717) is 17.9 Å². The van der Waals surface area contributed by atoms with E-state index in [2.05, 4.69) is 0 Å². The molecule has 5 nitrogen and oxygen atoms in total. The molecular formula is C14H17NO4S. The van der Waals surface area contributed by atoms with Crippen LogP contribution in [-0.2, 0) is 14.8 Å². The highest BCUT2D eigenvalue weighted by Gasteiger charge is 2.33. The molecule has 6 heteroatoms. The van der Waals surface area contributed by atoms with E-state index < -0.39 is 10.0 Å². The van der Waals surface area contributed by atoms with Gasteiger partial charge in [0.15, 0.2) is 5.78 Å². The number of Topliss-reactive ketones (excluding diaryl/α,β-unsaturated/α-hetero) is 1. The number of nitrogens with zero attached hydrogens (tertiary/aromatic N) is 1. The molecule has 1 atom stereocenters. The Balaban J connectivity index is 1.90. The highest BCUT2D eigenvalue weighted by molar-refractivity contribution is 7.92. The standard InChI is InChI=1S/C14H17NO4S/c16-14-7-8-15(13-6-2-1-5-12(13)14)20(17,18)10-11-4-3-9-19-11/h1-2,5-6,11H,3-4,7-10H2. The number of rotatable bonds is 3. The van der Waals surface area contributed by atoms with Crippen molar-refractivity contribution in [2.24, 2.45) is 0 Å². The van der Waals surface area contributed by atoms with Crippen LogP contribution in [0.5, 0.6) is 0 Å². The van der Waals surface area contributed by atoms with Crippen molar-refractivity contribution in [1.29, 1.82) is 0 Å². The molecule has 1 saturated heterocycles. The fraction of sp³-hybridized carbons (Fsp3) is 0.500. The zero-order valence-corrected chi connectivity index (χ0v) is 11.9. The molecule has 1 aromatic carbocycles. The van der Waals surface area contributed by atoms with Crippen molar-refractivity contribution in [3.8, 4) is 0 Å². The number of anilines is 1. The lowest BCUT2D eigenvalue weighted by Gasteiger charge is -2.30. The molecule has 0 bridgehead atoms. The molecule has 0 amide bonds. The topological polar surface area (TPSA) is 63.7 Å². The van der Waals surface area contributed by atoms with E-state index in [-0.39, 0.29) is 30.6 Å². The van der Waals surface area contributed by atoms with Crippen molar-refractivity contribution in [1.82, 2.24) is 0 Å². The molecule has 1 unspecified atom stereocenters. The summed E-state index contributed by atoms with van der Waals surface area (Å²) in [7, 11) is -3.45. The van der Waals surface area contributed by atoms with Crippen LogP contribution in [0, 0.1) is 0 Å². The quantitative estimate of drug-likeness (QED) is 0.849. The molecule has 20 heavy (non-hydrogen) atoms. The molecule has 2 aliphatic rings. The largest absolute Gasteiger partial charge is 0.377 e. The number of ether oxygens (including phenoxy) is 1. The monoisotopic (exact) mass is 295 g/mol. The highest BCUT2D eigenvalue weighted by atomic mass is 32.2. The zero-order valence-electron chi connectivity index (χ0n) is 11.1. The minimum atomic E-state index is -3.45. The smallest absolute Gasteiger partial charge is 0.237 e. The molecule has 0 radical (unpaired) electrons. The average molecular weight is 295 g/mol. The Labute approximate surface area is 118 Å². The minimum absolute atomic E-state index is 0.00386. The molecule has 0 aliphatic carbocycles. The summed E-state index contributed by atoms with van der Waals surface area (Å²) in [4.78, 5) is 11.9. The highest BCUT2D eigenvalue weighted by Crippen LogP contribution is 2.30. The van der Waals surface area contributed by atoms with E-state index >= 15 is 0 Å². The summed E-state index contributed by atoms with van der Waals surface area (Å²) in [5, 5.41) is 0.